The lowest BCUT2D eigenvalue weighted by atomic mass is 10.1. The molecule has 2 heterocycles. The summed E-state index contributed by atoms with van der Waals surface area (Å²) in [5.41, 5.74) is 5.27. The smallest absolute Gasteiger partial charge is 0.226 e. The molecule has 166 valence electrons. The fourth-order valence-electron chi connectivity index (χ4n) is 3.75. The third-order valence-corrected chi connectivity index (χ3v) is 5.61. The lowest BCUT2D eigenvalue weighted by Crippen LogP contribution is -2.36. The third-order valence-electron chi connectivity index (χ3n) is 5.61. The number of rotatable bonds is 7. The Morgan fingerprint density at radius 2 is 1.84 bits per heavy atom. The molecule has 1 saturated heterocycles. The first-order valence-electron chi connectivity index (χ1n) is 10.9. The molecule has 0 spiro atoms. The van der Waals surface area contributed by atoms with Gasteiger partial charge < -0.3 is 20.0 Å². The molecule has 2 aromatic carbocycles. The van der Waals surface area contributed by atoms with Crippen LogP contribution in [0.2, 0.25) is 0 Å². The van der Waals surface area contributed by atoms with Crippen LogP contribution in [0.1, 0.15) is 35.2 Å². The van der Waals surface area contributed by atoms with Crippen LogP contribution in [0.25, 0.3) is 11.5 Å². The molecule has 4 rings (SSSR count). The van der Waals surface area contributed by atoms with Crippen molar-refractivity contribution >= 4 is 11.9 Å². The maximum Gasteiger partial charge on any atom is 0.226 e. The molecular weight excluding hydrogens is 402 g/mol. The lowest BCUT2D eigenvalue weighted by Gasteiger charge is -2.19. The number of hydrogen-bond donors (Lipinski definition) is 2. The van der Waals surface area contributed by atoms with E-state index in [-0.39, 0.29) is 5.91 Å². The van der Waals surface area contributed by atoms with Crippen LogP contribution in [0.4, 0.5) is 0 Å². The maximum absolute atomic E-state index is 12.0. The van der Waals surface area contributed by atoms with Crippen molar-refractivity contribution in [2.45, 2.75) is 39.4 Å². The number of nitrogens with zero attached hydrogens (tertiary/aromatic N) is 3. The van der Waals surface area contributed by atoms with Crippen molar-refractivity contribution < 1.29 is 9.21 Å². The van der Waals surface area contributed by atoms with E-state index in [1.54, 1.807) is 13.3 Å². The Bertz CT molecular complexity index is 1090. The Balaban J connectivity index is 1.32. The summed E-state index contributed by atoms with van der Waals surface area (Å²) < 4.78 is 5.63. The van der Waals surface area contributed by atoms with E-state index in [9.17, 15) is 4.79 Å². The van der Waals surface area contributed by atoms with Crippen LogP contribution in [-0.4, -0.2) is 35.3 Å². The van der Waals surface area contributed by atoms with Crippen molar-refractivity contribution in [3.63, 3.8) is 0 Å². The number of aliphatic imine (C=N–C) groups is 1. The van der Waals surface area contributed by atoms with Gasteiger partial charge in [0.1, 0.15) is 6.26 Å². The van der Waals surface area contributed by atoms with E-state index >= 15 is 0 Å². The summed E-state index contributed by atoms with van der Waals surface area (Å²) in [6, 6.07) is 16.3. The predicted octanol–water partition coefficient (Wildman–Crippen LogP) is 3.64. The minimum Gasteiger partial charge on any atom is -0.444 e. The second kappa shape index (κ2) is 10.1. The lowest BCUT2D eigenvalue weighted by molar-refractivity contribution is -0.128. The number of carbonyl (C=O) groups is 1. The quantitative estimate of drug-likeness (QED) is 0.441. The van der Waals surface area contributed by atoms with Crippen molar-refractivity contribution in [1.82, 2.24) is 20.5 Å². The number of hydrogen-bond acceptors (Lipinski definition) is 4. The van der Waals surface area contributed by atoms with E-state index in [0.717, 1.165) is 35.3 Å². The average Bonchev–Trinajstić information content (AvgIpc) is 3.44. The summed E-state index contributed by atoms with van der Waals surface area (Å²) in [5, 5.41) is 6.64. The van der Waals surface area contributed by atoms with Gasteiger partial charge in [0.25, 0.3) is 0 Å². The predicted molar refractivity (Wildman–Crippen MR) is 125 cm³/mol. The molecule has 0 saturated carbocycles. The van der Waals surface area contributed by atoms with Crippen molar-refractivity contribution in [3.05, 3.63) is 77.2 Å². The molecule has 0 radical (unpaired) electrons. The largest absolute Gasteiger partial charge is 0.444 e. The molecule has 2 N–H and O–H groups in total. The minimum absolute atomic E-state index is 0.239. The normalized spacial score (nSPS) is 14.1. The van der Waals surface area contributed by atoms with E-state index in [0.29, 0.717) is 37.9 Å². The summed E-state index contributed by atoms with van der Waals surface area (Å²) in [6.07, 6.45) is 3.27. The van der Waals surface area contributed by atoms with Gasteiger partial charge in [-0.3, -0.25) is 9.79 Å². The number of carbonyl (C=O) groups excluding carboxylic acids is 1. The number of amides is 1. The van der Waals surface area contributed by atoms with Crippen LogP contribution in [0.5, 0.6) is 0 Å². The molecule has 1 aliphatic rings. The Kier molecular flexibility index (Phi) is 6.84. The number of likely N-dealkylation sites (tertiary alicyclic amines) is 1. The molecule has 7 heteroatoms. The molecule has 0 aliphatic carbocycles. The minimum atomic E-state index is 0.239. The second-order valence-electron chi connectivity index (χ2n) is 7.98. The van der Waals surface area contributed by atoms with E-state index in [4.69, 9.17) is 4.42 Å². The average molecular weight is 432 g/mol. The van der Waals surface area contributed by atoms with Gasteiger partial charge in [0, 0.05) is 38.7 Å². The van der Waals surface area contributed by atoms with Gasteiger partial charge in [-0.15, -0.1) is 0 Å². The third kappa shape index (κ3) is 5.35. The molecule has 3 aromatic rings. The summed E-state index contributed by atoms with van der Waals surface area (Å²) >= 11 is 0. The number of guanidine groups is 1. The first-order chi connectivity index (χ1) is 15.6. The monoisotopic (exact) mass is 431 g/mol. The highest BCUT2D eigenvalue weighted by molar-refractivity contribution is 5.79. The first-order valence-corrected chi connectivity index (χ1v) is 10.9. The van der Waals surface area contributed by atoms with E-state index < -0.39 is 0 Å². The van der Waals surface area contributed by atoms with Gasteiger partial charge in [-0.05, 0) is 36.6 Å². The van der Waals surface area contributed by atoms with Crippen LogP contribution in [-0.2, 0) is 24.4 Å². The Morgan fingerprint density at radius 1 is 1.09 bits per heavy atom. The molecule has 1 amide bonds. The van der Waals surface area contributed by atoms with Gasteiger partial charge >= 0.3 is 0 Å². The highest BCUT2D eigenvalue weighted by atomic mass is 16.3. The summed E-state index contributed by atoms with van der Waals surface area (Å²) in [4.78, 5) is 22.8. The van der Waals surface area contributed by atoms with Crippen LogP contribution in [0.15, 0.2) is 64.2 Å². The number of nitrogens with one attached hydrogen (secondary N) is 2. The topological polar surface area (TPSA) is 82.8 Å². The molecule has 1 fully saturated rings. The van der Waals surface area contributed by atoms with Gasteiger partial charge in [-0.1, -0.05) is 42.0 Å². The summed E-state index contributed by atoms with van der Waals surface area (Å²) in [7, 11) is 1.74. The van der Waals surface area contributed by atoms with Crippen LogP contribution < -0.4 is 10.6 Å². The Hall–Kier alpha value is -3.61. The fraction of sp³-hybridized carbons (Fsp3) is 0.320. The molecule has 0 unspecified atom stereocenters. The zero-order chi connectivity index (χ0) is 22.3. The Morgan fingerprint density at radius 3 is 2.56 bits per heavy atom. The van der Waals surface area contributed by atoms with Gasteiger partial charge in [0.15, 0.2) is 5.96 Å². The van der Waals surface area contributed by atoms with Gasteiger partial charge in [-0.25, -0.2) is 4.98 Å². The van der Waals surface area contributed by atoms with Gasteiger partial charge in [0.05, 0.1) is 12.2 Å². The van der Waals surface area contributed by atoms with Gasteiger partial charge in [-0.2, -0.15) is 0 Å². The molecule has 32 heavy (non-hydrogen) atoms. The summed E-state index contributed by atoms with van der Waals surface area (Å²) in [6.45, 7) is 4.66. The highest BCUT2D eigenvalue weighted by Crippen LogP contribution is 2.19. The molecule has 1 aliphatic heterocycles. The van der Waals surface area contributed by atoms with Crippen molar-refractivity contribution in [2.75, 3.05) is 13.6 Å². The standard InChI is InChI=1S/C25H29N5O2/c1-18-9-11-19(12-10-18)24-29-22(17-32-24)15-28-25(26-2)27-14-20-6-3-4-7-21(20)16-30-13-5-8-23(30)31/h3-4,6-7,9-12,17H,5,8,13-16H2,1-2H3,(H2,26,27,28). The van der Waals surface area contributed by atoms with Crippen molar-refractivity contribution in [1.29, 1.82) is 0 Å². The molecule has 1 aromatic heterocycles. The van der Waals surface area contributed by atoms with Crippen LogP contribution in [0.3, 0.4) is 0 Å². The molecule has 0 bridgehead atoms. The summed E-state index contributed by atoms with van der Waals surface area (Å²) in [5.74, 6) is 1.52. The van der Waals surface area contributed by atoms with Crippen molar-refractivity contribution in [3.8, 4) is 11.5 Å². The molecular formula is C25H29N5O2. The van der Waals surface area contributed by atoms with Crippen LogP contribution in [0, 0.1) is 6.92 Å². The van der Waals surface area contributed by atoms with Gasteiger partial charge in [0.2, 0.25) is 11.8 Å². The Labute approximate surface area is 188 Å². The zero-order valence-electron chi connectivity index (χ0n) is 18.6. The highest BCUT2D eigenvalue weighted by Gasteiger charge is 2.20. The zero-order valence-corrected chi connectivity index (χ0v) is 18.6. The van der Waals surface area contributed by atoms with E-state index in [1.807, 2.05) is 41.3 Å². The number of benzene rings is 2. The fourth-order valence-corrected chi connectivity index (χ4v) is 3.75. The maximum atomic E-state index is 12.0. The number of oxazole rings is 1. The van der Waals surface area contributed by atoms with Crippen LogP contribution >= 0.6 is 0 Å². The number of aromatic nitrogens is 1. The van der Waals surface area contributed by atoms with Crippen molar-refractivity contribution in [2.24, 2.45) is 4.99 Å². The first kappa shape index (κ1) is 21.6. The second-order valence-corrected chi connectivity index (χ2v) is 7.98. The van der Waals surface area contributed by atoms with E-state index in [2.05, 4.69) is 39.7 Å². The van der Waals surface area contributed by atoms with E-state index in [1.165, 1.54) is 5.56 Å². The SMILES string of the molecule is CN=C(NCc1coc(-c2ccc(C)cc2)n1)NCc1ccccc1CN1CCCC1=O. The number of aryl methyl sites for hydroxylation is 1. The molecule has 0 atom stereocenters. The molecule has 7 nitrogen and oxygen atoms in total.